The van der Waals surface area contributed by atoms with Crippen LogP contribution < -0.4 is 5.32 Å². The number of hydrogen-bond acceptors (Lipinski definition) is 5. The van der Waals surface area contributed by atoms with Crippen LogP contribution in [0.4, 0.5) is 5.82 Å². The predicted octanol–water partition coefficient (Wildman–Crippen LogP) is 3.03. The third-order valence-electron chi connectivity index (χ3n) is 3.79. The first-order chi connectivity index (χ1) is 10.8. The van der Waals surface area contributed by atoms with Gasteiger partial charge in [0.2, 0.25) is 0 Å². The minimum Gasteiger partial charge on any atom is -0.390 e. The minimum absolute atomic E-state index is 0.147. The number of aliphatic hydroxyl groups is 1. The molecule has 0 bridgehead atoms. The van der Waals surface area contributed by atoms with Gasteiger partial charge >= 0.3 is 0 Å². The lowest BCUT2D eigenvalue weighted by atomic mass is 10.1. The van der Waals surface area contributed by atoms with E-state index in [4.69, 9.17) is 4.74 Å². The van der Waals surface area contributed by atoms with Crippen LogP contribution in [0.2, 0.25) is 0 Å². The quantitative estimate of drug-likeness (QED) is 0.831. The van der Waals surface area contributed by atoms with Crippen molar-refractivity contribution in [3.63, 3.8) is 0 Å². The van der Waals surface area contributed by atoms with Crippen molar-refractivity contribution in [1.29, 1.82) is 0 Å². The maximum absolute atomic E-state index is 9.76. The molecule has 1 fully saturated rings. The van der Waals surface area contributed by atoms with E-state index in [1.54, 1.807) is 11.8 Å². The highest BCUT2D eigenvalue weighted by Gasteiger charge is 2.25. The van der Waals surface area contributed by atoms with Crippen molar-refractivity contribution in [2.75, 3.05) is 24.7 Å². The number of nitrogens with zero attached hydrogens (tertiary/aromatic N) is 1. The SMILES string of the molecule is CSc1ccc(-c2cccc(NCC3OCCC3O)n2)cc1. The molecule has 1 aromatic carbocycles. The predicted molar refractivity (Wildman–Crippen MR) is 90.3 cm³/mol. The third kappa shape index (κ3) is 3.61. The number of nitrogens with one attached hydrogen (secondary N) is 1. The van der Waals surface area contributed by atoms with Crippen LogP contribution in [0.25, 0.3) is 11.3 Å². The Kier molecular flexibility index (Phi) is 4.97. The van der Waals surface area contributed by atoms with Crippen LogP contribution in [0.15, 0.2) is 47.4 Å². The molecule has 2 heterocycles. The molecule has 1 aliphatic heterocycles. The van der Waals surface area contributed by atoms with Gasteiger partial charge in [-0.25, -0.2) is 4.98 Å². The molecule has 4 nitrogen and oxygen atoms in total. The number of ether oxygens (including phenoxy) is 1. The molecule has 0 saturated carbocycles. The summed E-state index contributed by atoms with van der Waals surface area (Å²) in [5.41, 5.74) is 2.03. The number of benzene rings is 1. The number of pyridine rings is 1. The normalized spacial score (nSPS) is 21.0. The second kappa shape index (κ2) is 7.13. The molecule has 1 saturated heterocycles. The second-order valence-corrected chi connectivity index (χ2v) is 6.16. The summed E-state index contributed by atoms with van der Waals surface area (Å²) in [5.74, 6) is 0.800. The molecule has 2 N–H and O–H groups in total. The largest absolute Gasteiger partial charge is 0.390 e. The molecule has 0 radical (unpaired) electrons. The zero-order valence-electron chi connectivity index (χ0n) is 12.5. The fraction of sp³-hybridized carbons (Fsp3) is 0.353. The monoisotopic (exact) mass is 316 g/mol. The van der Waals surface area contributed by atoms with E-state index in [0.717, 1.165) is 17.1 Å². The Balaban J connectivity index is 1.68. The summed E-state index contributed by atoms with van der Waals surface area (Å²) < 4.78 is 5.48. The molecule has 22 heavy (non-hydrogen) atoms. The molecule has 0 aliphatic carbocycles. The summed E-state index contributed by atoms with van der Waals surface area (Å²) in [6.45, 7) is 1.20. The molecular weight excluding hydrogens is 296 g/mol. The van der Waals surface area contributed by atoms with Gasteiger partial charge in [-0.1, -0.05) is 18.2 Å². The molecule has 3 rings (SSSR count). The van der Waals surface area contributed by atoms with Crippen LogP contribution >= 0.6 is 11.8 Å². The smallest absolute Gasteiger partial charge is 0.126 e. The number of aromatic nitrogens is 1. The fourth-order valence-corrected chi connectivity index (χ4v) is 2.90. The van der Waals surface area contributed by atoms with Crippen molar-refractivity contribution < 1.29 is 9.84 Å². The Morgan fingerprint density at radius 3 is 2.77 bits per heavy atom. The lowest BCUT2D eigenvalue weighted by Crippen LogP contribution is -2.29. The van der Waals surface area contributed by atoms with Crippen molar-refractivity contribution in [3.05, 3.63) is 42.5 Å². The van der Waals surface area contributed by atoms with Gasteiger partial charge in [0, 0.05) is 23.6 Å². The van der Waals surface area contributed by atoms with Crippen molar-refractivity contribution in [2.24, 2.45) is 0 Å². The molecule has 2 aromatic rings. The zero-order valence-corrected chi connectivity index (χ0v) is 13.3. The van der Waals surface area contributed by atoms with Crippen molar-refractivity contribution in [3.8, 4) is 11.3 Å². The maximum atomic E-state index is 9.76. The van der Waals surface area contributed by atoms with E-state index >= 15 is 0 Å². The Labute approximate surface area is 134 Å². The number of anilines is 1. The molecule has 2 atom stereocenters. The van der Waals surface area contributed by atoms with Gasteiger partial charge in [-0.05, 0) is 36.9 Å². The molecule has 116 valence electrons. The van der Waals surface area contributed by atoms with E-state index in [1.165, 1.54) is 4.90 Å². The summed E-state index contributed by atoms with van der Waals surface area (Å²) in [6.07, 6.45) is 2.25. The van der Waals surface area contributed by atoms with Crippen LogP contribution in [-0.4, -0.2) is 41.7 Å². The highest BCUT2D eigenvalue weighted by atomic mass is 32.2. The number of rotatable bonds is 5. The van der Waals surface area contributed by atoms with Gasteiger partial charge in [-0.3, -0.25) is 0 Å². The Morgan fingerprint density at radius 1 is 1.27 bits per heavy atom. The fourth-order valence-electron chi connectivity index (χ4n) is 2.49. The van der Waals surface area contributed by atoms with Crippen molar-refractivity contribution >= 4 is 17.6 Å². The Hall–Kier alpha value is -1.56. The number of aliphatic hydroxyl groups excluding tert-OH is 1. The van der Waals surface area contributed by atoms with Gasteiger partial charge in [-0.15, -0.1) is 11.8 Å². The first kappa shape index (κ1) is 15.3. The standard InChI is InChI=1S/C17H20N2O2S/c1-22-13-7-5-12(6-8-13)14-3-2-4-17(19-14)18-11-16-15(20)9-10-21-16/h2-8,15-16,20H,9-11H2,1H3,(H,18,19). The third-order valence-corrected chi connectivity index (χ3v) is 4.54. The Morgan fingerprint density at radius 2 is 2.09 bits per heavy atom. The van der Waals surface area contributed by atoms with Gasteiger partial charge in [0.05, 0.1) is 11.8 Å². The van der Waals surface area contributed by atoms with Crippen LogP contribution in [0, 0.1) is 0 Å². The highest BCUT2D eigenvalue weighted by molar-refractivity contribution is 7.98. The van der Waals surface area contributed by atoms with E-state index in [0.29, 0.717) is 19.6 Å². The first-order valence-electron chi connectivity index (χ1n) is 7.41. The van der Waals surface area contributed by atoms with Crippen molar-refractivity contribution in [1.82, 2.24) is 4.98 Å². The van der Waals surface area contributed by atoms with E-state index < -0.39 is 0 Å². The van der Waals surface area contributed by atoms with Gasteiger partial charge in [0.1, 0.15) is 11.9 Å². The summed E-state index contributed by atoms with van der Waals surface area (Å²) >= 11 is 1.73. The minimum atomic E-state index is -0.380. The van der Waals surface area contributed by atoms with Crippen LogP contribution in [0.3, 0.4) is 0 Å². The number of hydrogen-bond donors (Lipinski definition) is 2. The average molecular weight is 316 g/mol. The molecule has 0 spiro atoms. The lowest BCUT2D eigenvalue weighted by molar-refractivity contribution is 0.0515. The summed E-state index contributed by atoms with van der Waals surface area (Å²) in [4.78, 5) is 5.87. The molecule has 1 aliphatic rings. The van der Waals surface area contributed by atoms with Gasteiger partial charge in [0.15, 0.2) is 0 Å². The molecule has 2 unspecified atom stereocenters. The molecule has 5 heteroatoms. The first-order valence-corrected chi connectivity index (χ1v) is 8.64. The van der Waals surface area contributed by atoms with Crippen LogP contribution in [0.1, 0.15) is 6.42 Å². The van der Waals surface area contributed by atoms with Gasteiger partial charge < -0.3 is 15.2 Å². The summed E-state index contributed by atoms with van der Waals surface area (Å²) in [6, 6.07) is 14.3. The van der Waals surface area contributed by atoms with Crippen LogP contribution in [0.5, 0.6) is 0 Å². The number of thioether (sulfide) groups is 1. The Bertz CT molecular complexity index is 618. The van der Waals surface area contributed by atoms with Gasteiger partial charge in [-0.2, -0.15) is 0 Å². The molecule has 0 amide bonds. The van der Waals surface area contributed by atoms with E-state index in [9.17, 15) is 5.11 Å². The van der Waals surface area contributed by atoms with E-state index in [1.807, 2.05) is 18.2 Å². The van der Waals surface area contributed by atoms with Crippen LogP contribution in [-0.2, 0) is 4.74 Å². The summed E-state index contributed by atoms with van der Waals surface area (Å²) in [7, 11) is 0. The van der Waals surface area contributed by atoms with Gasteiger partial charge in [0.25, 0.3) is 0 Å². The molecule has 1 aromatic heterocycles. The maximum Gasteiger partial charge on any atom is 0.126 e. The summed E-state index contributed by atoms with van der Waals surface area (Å²) in [5, 5.41) is 13.0. The zero-order chi connectivity index (χ0) is 15.4. The topological polar surface area (TPSA) is 54.4 Å². The van der Waals surface area contributed by atoms with Crippen molar-refractivity contribution in [2.45, 2.75) is 23.5 Å². The highest BCUT2D eigenvalue weighted by Crippen LogP contribution is 2.23. The lowest BCUT2D eigenvalue weighted by Gasteiger charge is -2.15. The van der Waals surface area contributed by atoms with E-state index in [-0.39, 0.29) is 12.2 Å². The average Bonchev–Trinajstić information content (AvgIpc) is 2.98. The molecular formula is C17H20N2O2S. The van der Waals surface area contributed by atoms with E-state index in [2.05, 4.69) is 40.8 Å². The second-order valence-electron chi connectivity index (χ2n) is 5.28.